The molecule has 0 saturated carbocycles. The lowest BCUT2D eigenvalue weighted by atomic mass is 9.97. The number of rotatable bonds is 5. The molecule has 29 heavy (non-hydrogen) atoms. The Morgan fingerprint density at radius 3 is 2.62 bits per heavy atom. The summed E-state index contributed by atoms with van der Waals surface area (Å²) in [6.07, 6.45) is 2.17. The van der Waals surface area contributed by atoms with Crippen LogP contribution in [0, 0.1) is 12.8 Å². The first-order chi connectivity index (χ1) is 14.0. The first-order valence-corrected chi connectivity index (χ1v) is 10.8. The van der Waals surface area contributed by atoms with Crippen molar-refractivity contribution in [2.75, 3.05) is 13.1 Å². The van der Waals surface area contributed by atoms with Crippen LogP contribution < -0.4 is 0 Å². The second-order valence-electron chi connectivity index (χ2n) is 7.60. The zero-order chi connectivity index (χ0) is 20.4. The summed E-state index contributed by atoms with van der Waals surface area (Å²) in [5.74, 6) is -1.01. The molecule has 2 aromatic carbocycles. The summed E-state index contributed by atoms with van der Waals surface area (Å²) in [7, 11) is 0. The van der Waals surface area contributed by atoms with E-state index in [9.17, 15) is 9.59 Å². The van der Waals surface area contributed by atoms with Crippen molar-refractivity contribution in [3.05, 3.63) is 63.6 Å². The van der Waals surface area contributed by atoms with Gasteiger partial charge in [0.1, 0.15) is 0 Å². The Morgan fingerprint density at radius 1 is 1.14 bits per heavy atom. The van der Waals surface area contributed by atoms with Crippen molar-refractivity contribution in [3.63, 3.8) is 0 Å². The second kappa shape index (κ2) is 8.33. The number of benzene rings is 2. The Labute approximate surface area is 174 Å². The maximum Gasteiger partial charge on any atom is 0.306 e. The third-order valence-corrected chi connectivity index (χ3v) is 6.82. The van der Waals surface area contributed by atoms with Crippen LogP contribution in [0.3, 0.4) is 0 Å². The van der Waals surface area contributed by atoms with Gasteiger partial charge in [0, 0.05) is 24.4 Å². The summed E-state index contributed by atoms with van der Waals surface area (Å²) >= 11 is 1.61. The van der Waals surface area contributed by atoms with Crippen molar-refractivity contribution in [1.29, 1.82) is 0 Å². The molecule has 0 bridgehead atoms. The quantitative estimate of drug-likeness (QED) is 0.691. The molecule has 1 saturated heterocycles. The highest BCUT2D eigenvalue weighted by atomic mass is 32.1. The molecule has 3 aromatic rings. The largest absolute Gasteiger partial charge is 0.481 e. The van der Waals surface area contributed by atoms with Gasteiger partial charge in [0.2, 0.25) is 5.91 Å². The molecule has 1 aliphatic heterocycles. The lowest BCUT2D eigenvalue weighted by molar-refractivity contribution is -0.145. The number of aromatic nitrogens is 1. The van der Waals surface area contributed by atoms with Crippen molar-refractivity contribution >= 4 is 34.0 Å². The summed E-state index contributed by atoms with van der Waals surface area (Å²) < 4.78 is 0. The normalized spacial score (nSPS) is 15.0. The van der Waals surface area contributed by atoms with E-state index in [4.69, 9.17) is 10.1 Å². The summed E-state index contributed by atoms with van der Waals surface area (Å²) in [5.41, 5.74) is 2.16. The van der Waals surface area contributed by atoms with Gasteiger partial charge in [0.25, 0.3) is 0 Å². The average Bonchev–Trinajstić information content (AvgIpc) is 3.07. The lowest BCUT2D eigenvalue weighted by Gasteiger charge is -2.30. The minimum Gasteiger partial charge on any atom is -0.481 e. The van der Waals surface area contributed by atoms with Crippen LogP contribution in [0.2, 0.25) is 0 Å². The summed E-state index contributed by atoms with van der Waals surface area (Å²) in [4.78, 5) is 31.3. The zero-order valence-electron chi connectivity index (χ0n) is 16.4. The van der Waals surface area contributed by atoms with Gasteiger partial charge in [-0.25, -0.2) is 4.98 Å². The van der Waals surface area contributed by atoms with Gasteiger partial charge in [-0.1, -0.05) is 42.5 Å². The fourth-order valence-electron chi connectivity index (χ4n) is 3.96. The Morgan fingerprint density at radius 2 is 1.86 bits per heavy atom. The Hall–Kier alpha value is -2.73. The van der Waals surface area contributed by atoms with Crippen LogP contribution in [0.5, 0.6) is 0 Å². The van der Waals surface area contributed by atoms with Crippen molar-refractivity contribution in [2.45, 2.75) is 32.6 Å². The molecule has 150 valence electrons. The molecule has 0 aliphatic carbocycles. The van der Waals surface area contributed by atoms with Gasteiger partial charge in [-0.2, -0.15) is 0 Å². The van der Waals surface area contributed by atoms with E-state index in [1.807, 2.05) is 13.0 Å². The number of aliphatic carboxylic acids is 1. The van der Waals surface area contributed by atoms with Gasteiger partial charge < -0.3 is 10.0 Å². The molecule has 0 spiro atoms. The third-order valence-electron chi connectivity index (χ3n) is 5.67. The number of carbonyl (C=O) groups excluding carboxylic acids is 1. The Kier molecular flexibility index (Phi) is 5.62. The topological polar surface area (TPSA) is 70.5 Å². The van der Waals surface area contributed by atoms with E-state index in [1.54, 1.807) is 16.2 Å². The first-order valence-electron chi connectivity index (χ1n) is 9.93. The van der Waals surface area contributed by atoms with E-state index >= 15 is 0 Å². The van der Waals surface area contributed by atoms with Crippen LogP contribution in [0.15, 0.2) is 42.5 Å². The van der Waals surface area contributed by atoms with E-state index in [0.29, 0.717) is 32.4 Å². The molecule has 1 aromatic heterocycles. The predicted molar refractivity (Wildman–Crippen MR) is 114 cm³/mol. The standard InChI is InChI=1S/C23H24N2O3S/c1-15-20(14-22(26)25-11-9-17(10-12-25)23(27)28)29-21(24-15)13-18-7-4-6-16-5-2-3-8-19(16)18/h2-8,17H,9-14H2,1H3,(H,27,28). The highest BCUT2D eigenvalue weighted by molar-refractivity contribution is 7.11. The third kappa shape index (κ3) is 4.32. The van der Waals surface area contributed by atoms with Gasteiger partial charge >= 0.3 is 5.97 Å². The lowest BCUT2D eigenvalue weighted by Crippen LogP contribution is -2.40. The van der Waals surface area contributed by atoms with Gasteiger partial charge in [0.15, 0.2) is 0 Å². The molecule has 0 unspecified atom stereocenters. The number of hydrogen-bond donors (Lipinski definition) is 1. The van der Waals surface area contributed by atoms with Crippen molar-refractivity contribution in [2.24, 2.45) is 5.92 Å². The minimum absolute atomic E-state index is 0.0669. The molecular formula is C23H24N2O3S. The smallest absolute Gasteiger partial charge is 0.306 e. The van der Waals surface area contributed by atoms with Crippen molar-refractivity contribution in [1.82, 2.24) is 9.88 Å². The molecule has 4 rings (SSSR count). The number of likely N-dealkylation sites (tertiary alicyclic amines) is 1. The molecular weight excluding hydrogens is 384 g/mol. The maximum absolute atomic E-state index is 12.7. The van der Waals surface area contributed by atoms with Crippen LogP contribution in [-0.2, 0) is 22.4 Å². The molecule has 1 fully saturated rings. The average molecular weight is 409 g/mol. The molecule has 2 heterocycles. The molecule has 1 N–H and O–H groups in total. The summed E-state index contributed by atoms with van der Waals surface area (Å²) in [6.45, 7) is 3.01. The number of piperidine rings is 1. The number of carboxylic acid groups (broad SMARTS) is 1. The number of aryl methyl sites for hydroxylation is 1. The number of fused-ring (bicyclic) bond motifs is 1. The zero-order valence-corrected chi connectivity index (χ0v) is 17.2. The van der Waals surface area contributed by atoms with Gasteiger partial charge in [-0.05, 0) is 36.1 Å². The number of thiazole rings is 1. The molecule has 6 heteroatoms. The monoisotopic (exact) mass is 408 g/mol. The Balaban J connectivity index is 1.44. The van der Waals surface area contributed by atoms with Gasteiger partial charge in [-0.15, -0.1) is 11.3 Å². The maximum atomic E-state index is 12.7. The number of amides is 1. The Bertz CT molecular complexity index is 1050. The van der Waals surface area contributed by atoms with E-state index in [1.165, 1.54) is 16.3 Å². The molecule has 1 aliphatic rings. The van der Waals surface area contributed by atoms with Crippen LogP contribution in [0.4, 0.5) is 0 Å². The molecule has 0 radical (unpaired) electrons. The van der Waals surface area contributed by atoms with Crippen LogP contribution >= 0.6 is 11.3 Å². The molecule has 1 amide bonds. The summed E-state index contributed by atoms with van der Waals surface area (Å²) in [6, 6.07) is 14.7. The van der Waals surface area contributed by atoms with Crippen LogP contribution in [-0.4, -0.2) is 40.0 Å². The number of hydrogen-bond acceptors (Lipinski definition) is 4. The number of carbonyl (C=O) groups is 2. The first kappa shape index (κ1) is 19.6. The summed E-state index contributed by atoms with van der Waals surface area (Å²) in [5, 5.41) is 12.6. The minimum atomic E-state index is -0.756. The highest BCUT2D eigenvalue weighted by Gasteiger charge is 2.27. The van der Waals surface area contributed by atoms with Crippen molar-refractivity contribution in [3.8, 4) is 0 Å². The van der Waals surface area contributed by atoms with E-state index in [-0.39, 0.29) is 11.8 Å². The fraction of sp³-hybridized carbons (Fsp3) is 0.348. The molecule has 5 nitrogen and oxygen atoms in total. The van der Waals surface area contributed by atoms with Gasteiger partial charge in [-0.3, -0.25) is 9.59 Å². The second-order valence-corrected chi connectivity index (χ2v) is 8.77. The SMILES string of the molecule is Cc1nc(Cc2cccc3ccccc23)sc1CC(=O)N1CCC(C(=O)O)CC1. The molecule has 0 atom stereocenters. The van der Waals surface area contributed by atoms with Gasteiger partial charge in [0.05, 0.1) is 23.0 Å². The van der Waals surface area contributed by atoms with Crippen molar-refractivity contribution < 1.29 is 14.7 Å². The van der Waals surface area contributed by atoms with Crippen LogP contribution in [0.25, 0.3) is 10.8 Å². The van der Waals surface area contributed by atoms with E-state index in [2.05, 4.69) is 36.4 Å². The number of carboxylic acids is 1. The highest BCUT2D eigenvalue weighted by Crippen LogP contribution is 2.26. The predicted octanol–water partition coefficient (Wildman–Crippen LogP) is 4.06. The fourth-order valence-corrected chi connectivity index (χ4v) is 5.05. The van der Waals surface area contributed by atoms with E-state index < -0.39 is 5.97 Å². The van der Waals surface area contributed by atoms with E-state index in [0.717, 1.165) is 22.0 Å². The van der Waals surface area contributed by atoms with Crippen LogP contribution in [0.1, 0.15) is 34.0 Å². The number of nitrogens with zero attached hydrogens (tertiary/aromatic N) is 2.